The van der Waals surface area contributed by atoms with Crippen LogP contribution in [0.15, 0.2) is 42.5 Å². The van der Waals surface area contributed by atoms with E-state index >= 15 is 0 Å². The van der Waals surface area contributed by atoms with Gasteiger partial charge in [-0.3, -0.25) is 9.59 Å². The molecule has 0 spiro atoms. The average molecular weight is 354 g/mol. The van der Waals surface area contributed by atoms with Crippen LogP contribution in [0.3, 0.4) is 0 Å². The molecule has 3 rings (SSSR count). The monoisotopic (exact) mass is 354 g/mol. The van der Waals surface area contributed by atoms with Gasteiger partial charge in [0.15, 0.2) is 0 Å². The van der Waals surface area contributed by atoms with E-state index < -0.39 is 17.4 Å². The number of hydrogen-bond acceptors (Lipinski definition) is 4. The van der Waals surface area contributed by atoms with Gasteiger partial charge in [0.05, 0.1) is 13.2 Å². The van der Waals surface area contributed by atoms with Crippen LogP contribution in [-0.2, 0) is 15.2 Å². The first-order valence-electron chi connectivity index (χ1n) is 8.51. The maximum Gasteiger partial charge on any atom is 0.313 e. The SMILES string of the molecule is Cc1cccc(C)c1NC(=O)C(=O)NCC1(O)CCOc2ccccc21. The quantitative estimate of drug-likeness (QED) is 0.736. The molecule has 26 heavy (non-hydrogen) atoms. The van der Waals surface area contributed by atoms with Gasteiger partial charge in [-0.05, 0) is 31.0 Å². The molecule has 0 aliphatic carbocycles. The van der Waals surface area contributed by atoms with Crippen molar-refractivity contribution in [3.63, 3.8) is 0 Å². The van der Waals surface area contributed by atoms with Gasteiger partial charge >= 0.3 is 11.8 Å². The minimum absolute atomic E-state index is 0.0631. The van der Waals surface area contributed by atoms with Crippen molar-refractivity contribution >= 4 is 17.5 Å². The Hall–Kier alpha value is -2.86. The van der Waals surface area contributed by atoms with E-state index in [1.54, 1.807) is 18.2 Å². The Morgan fingerprint density at radius 1 is 1.08 bits per heavy atom. The summed E-state index contributed by atoms with van der Waals surface area (Å²) in [5, 5.41) is 16.1. The number of amides is 2. The minimum atomic E-state index is -1.26. The molecule has 1 unspecified atom stereocenters. The molecule has 1 aliphatic rings. The molecule has 136 valence electrons. The van der Waals surface area contributed by atoms with Gasteiger partial charge in [-0.25, -0.2) is 0 Å². The number of rotatable bonds is 3. The van der Waals surface area contributed by atoms with Crippen molar-refractivity contribution < 1.29 is 19.4 Å². The third-order valence-electron chi connectivity index (χ3n) is 4.63. The van der Waals surface area contributed by atoms with Crippen molar-refractivity contribution in [2.75, 3.05) is 18.5 Å². The third-order valence-corrected chi connectivity index (χ3v) is 4.63. The summed E-state index contributed by atoms with van der Waals surface area (Å²) in [5.74, 6) is -0.952. The summed E-state index contributed by atoms with van der Waals surface area (Å²) in [4.78, 5) is 24.4. The second kappa shape index (κ2) is 7.17. The second-order valence-electron chi connectivity index (χ2n) is 6.53. The van der Waals surface area contributed by atoms with Crippen molar-refractivity contribution in [2.45, 2.75) is 25.9 Å². The Balaban J connectivity index is 1.67. The predicted molar refractivity (Wildman–Crippen MR) is 98.0 cm³/mol. The van der Waals surface area contributed by atoms with Gasteiger partial charge in [-0.2, -0.15) is 0 Å². The number of ether oxygens (including phenoxy) is 1. The molecule has 0 fully saturated rings. The highest BCUT2D eigenvalue weighted by molar-refractivity contribution is 6.39. The van der Waals surface area contributed by atoms with Gasteiger partial charge < -0.3 is 20.5 Å². The number of carbonyl (C=O) groups excluding carboxylic acids is 2. The van der Waals surface area contributed by atoms with Crippen LogP contribution in [0.25, 0.3) is 0 Å². The molecule has 0 radical (unpaired) electrons. The number of aryl methyl sites for hydroxylation is 2. The molecular formula is C20H22N2O4. The van der Waals surface area contributed by atoms with Crippen LogP contribution in [-0.4, -0.2) is 30.1 Å². The summed E-state index contributed by atoms with van der Waals surface area (Å²) < 4.78 is 5.53. The molecule has 2 amide bonds. The lowest BCUT2D eigenvalue weighted by Crippen LogP contribution is -2.46. The first-order chi connectivity index (χ1) is 12.4. The van der Waals surface area contributed by atoms with Gasteiger partial charge in [-0.1, -0.05) is 36.4 Å². The topological polar surface area (TPSA) is 87.7 Å². The van der Waals surface area contributed by atoms with Crippen LogP contribution in [0.2, 0.25) is 0 Å². The highest BCUT2D eigenvalue weighted by Gasteiger charge is 2.36. The molecule has 0 aromatic heterocycles. The molecule has 1 aliphatic heterocycles. The lowest BCUT2D eigenvalue weighted by atomic mass is 9.88. The molecule has 0 saturated heterocycles. The predicted octanol–water partition coefficient (Wildman–Crippen LogP) is 2.03. The Morgan fingerprint density at radius 3 is 2.50 bits per heavy atom. The van der Waals surface area contributed by atoms with E-state index in [0.29, 0.717) is 30.0 Å². The Kier molecular flexibility index (Phi) is 4.95. The number of anilines is 1. The zero-order valence-corrected chi connectivity index (χ0v) is 14.8. The lowest BCUT2D eigenvalue weighted by molar-refractivity contribution is -0.137. The van der Waals surface area contributed by atoms with E-state index in [0.717, 1.165) is 11.1 Å². The maximum atomic E-state index is 12.2. The smallest absolute Gasteiger partial charge is 0.313 e. The van der Waals surface area contributed by atoms with Crippen molar-refractivity contribution in [3.8, 4) is 5.75 Å². The standard InChI is InChI=1S/C20H22N2O4/c1-13-6-5-7-14(2)17(13)22-19(24)18(23)21-12-20(25)10-11-26-16-9-4-3-8-15(16)20/h3-9,25H,10-12H2,1-2H3,(H,21,23)(H,22,24). The molecule has 6 nitrogen and oxygen atoms in total. The van der Waals surface area contributed by atoms with Crippen LogP contribution < -0.4 is 15.4 Å². The molecule has 3 N–H and O–H groups in total. The molecule has 0 bridgehead atoms. The molecular weight excluding hydrogens is 332 g/mol. The fourth-order valence-electron chi connectivity index (χ4n) is 3.11. The van der Waals surface area contributed by atoms with Gasteiger partial charge in [0.25, 0.3) is 0 Å². The number of nitrogens with one attached hydrogen (secondary N) is 2. The van der Waals surface area contributed by atoms with E-state index in [-0.39, 0.29) is 6.54 Å². The van der Waals surface area contributed by atoms with Gasteiger partial charge in [0.2, 0.25) is 0 Å². The normalized spacial score (nSPS) is 18.4. The number of aliphatic hydroxyl groups is 1. The lowest BCUT2D eigenvalue weighted by Gasteiger charge is -2.34. The minimum Gasteiger partial charge on any atom is -0.493 e. The second-order valence-corrected chi connectivity index (χ2v) is 6.53. The summed E-state index contributed by atoms with van der Waals surface area (Å²) in [7, 11) is 0. The van der Waals surface area contributed by atoms with Crippen LogP contribution in [0, 0.1) is 13.8 Å². The van der Waals surface area contributed by atoms with Crippen LogP contribution in [0.4, 0.5) is 5.69 Å². The molecule has 1 heterocycles. The fraction of sp³-hybridized carbons (Fsp3) is 0.300. The molecule has 6 heteroatoms. The van der Waals surface area contributed by atoms with Crippen LogP contribution in [0.5, 0.6) is 5.75 Å². The summed E-state index contributed by atoms with van der Waals surface area (Å²) in [6, 6.07) is 12.8. The summed E-state index contributed by atoms with van der Waals surface area (Å²) in [6.07, 6.45) is 0.336. The fourth-order valence-corrected chi connectivity index (χ4v) is 3.11. The summed E-state index contributed by atoms with van der Waals surface area (Å²) in [6.45, 7) is 4.01. The summed E-state index contributed by atoms with van der Waals surface area (Å²) >= 11 is 0. The van der Waals surface area contributed by atoms with E-state index in [4.69, 9.17) is 4.74 Å². The first-order valence-corrected chi connectivity index (χ1v) is 8.51. The zero-order valence-electron chi connectivity index (χ0n) is 14.8. The van der Waals surface area contributed by atoms with Crippen LogP contribution >= 0.6 is 0 Å². The van der Waals surface area contributed by atoms with E-state index in [2.05, 4.69) is 10.6 Å². The average Bonchev–Trinajstić information content (AvgIpc) is 2.63. The Bertz CT molecular complexity index is 829. The number of benzene rings is 2. The highest BCUT2D eigenvalue weighted by Crippen LogP contribution is 2.36. The Morgan fingerprint density at radius 2 is 1.77 bits per heavy atom. The third kappa shape index (κ3) is 3.55. The number of carbonyl (C=O) groups is 2. The van der Waals surface area contributed by atoms with E-state index in [9.17, 15) is 14.7 Å². The van der Waals surface area contributed by atoms with Crippen molar-refractivity contribution in [3.05, 3.63) is 59.2 Å². The summed E-state index contributed by atoms with van der Waals surface area (Å²) in [5.41, 5.74) is 1.74. The number of para-hydroxylation sites is 2. The Labute approximate surface area is 152 Å². The van der Waals surface area contributed by atoms with Crippen LogP contribution in [0.1, 0.15) is 23.1 Å². The van der Waals surface area contributed by atoms with Crippen molar-refractivity contribution in [2.24, 2.45) is 0 Å². The number of fused-ring (bicyclic) bond motifs is 1. The molecule has 2 aromatic carbocycles. The van der Waals surface area contributed by atoms with E-state index in [1.807, 2.05) is 38.1 Å². The zero-order chi connectivity index (χ0) is 18.7. The maximum absolute atomic E-state index is 12.2. The van der Waals surface area contributed by atoms with Gasteiger partial charge in [0.1, 0.15) is 11.4 Å². The number of hydrogen-bond donors (Lipinski definition) is 3. The first kappa shape index (κ1) is 17.9. The van der Waals surface area contributed by atoms with Crippen molar-refractivity contribution in [1.29, 1.82) is 0 Å². The molecule has 1 atom stereocenters. The molecule has 0 saturated carbocycles. The van der Waals surface area contributed by atoms with Crippen molar-refractivity contribution in [1.82, 2.24) is 5.32 Å². The highest BCUT2D eigenvalue weighted by atomic mass is 16.5. The molecule has 2 aromatic rings. The van der Waals surface area contributed by atoms with E-state index in [1.165, 1.54) is 0 Å². The van der Waals surface area contributed by atoms with Gasteiger partial charge in [0, 0.05) is 17.7 Å². The largest absolute Gasteiger partial charge is 0.493 e. The van der Waals surface area contributed by atoms with Gasteiger partial charge in [-0.15, -0.1) is 0 Å².